The summed E-state index contributed by atoms with van der Waals surface area (Å²) < 4.78 is 0. The smallest absolute Gasteiger partial charge is 0.213 e. The van der Waals surface area contributed by atoms with Crippen LogP contribution in [-0.4, -0.2) is 27.1 Å². The number of amides is 1. The number of carbonyl (C=O) groups is 1. The van der Waals surface area contributed by atoms with Crippen LogP contribution in [0, 0.1) is 0 Å². The Bertz CT molecular complexity index is 443. The minimum atomic E-state index is 0.804. The summed E-state index contributed by atoms with van der Waals surface area (Å²) in [6.45, 7) is 8.78. The maximum absolute atomic E-state index is 10.9. The van der Waals surface area contributed by atoms with E-state index in [1.807, 2.05) is 44.0 Å². The first-order valence-corrected chi connectivity index (χ1v) is 5.96. The highest BCUT2D eigenvalue weighted by molar-refractivity contribution is 5.86. The molecule has 1 rings (SSSR count). The summed E-state index contributed by atoms with van der Waals surface area (Å²) >= 11 is 0. The number of hydrogen-bond acceptors (Lipinski definition) is 3. The summed E-state index contributed by atoms with van der Waals surface area (Å²) in [6.07, 6.45) is 0.804. The van der Waals surface area contributed by atoms with Crippen molar-refractivity contribution in [1.29, 1.82) is 0 Å². The largest absolute Gasteiger partial charge is 0.385 e. The van der Waals surface area contributed by atoms with E-state index in [1.165, 1.54) is 0 Å². The summed E-state index contributed by atoms with van der Waals surface area (Å²) in [6, 6.07) is 5.92. The van der Waals surface area contributed by atoms with E-state index in [4.69, 9.17) is 0 Å². The molecule has 0 heterocycles. The van der Waals surface area contributed by atoms with Gasteiger partial charge in [-0.25, -0.2) is 0 Å². The average molecular weight is 247 g/mol. The highest BCUT2D eigenvalue weighted by Gasteiger charge is 2.12. The van der Waals surface area contributed by atoms with Crippen LogP contribution in [0.5, 0.6) is 0 Å². The highest BCUT2D eigenvalue weighted by atomic mass is 16.1. The van der Waals surface area contributed by atoms with E-state index in [1.54, 1.807) is 11.9 Å². The number of hydrogen-bond donors (Lipinski definition) is 1. The zero-order chi connectivity index (χ0) is 13.7. The molecule has 1 aromatic carbocycles. The van der Waals surface area contributed by atoms with Crippen molar-refractivity contribution >= 4 is 23.5 Å². The molecule has 98 valence electrons. The number of nitrogens with zero attached hydrogens (tertiary/aromatic N) is 2. The number of allylic oxidation sites excluding steroid dienone is 1. The molecule has 0 radical (unpaired) electrons. The molecular formula is C14H21N3O. The molecule has 0 atom stereocenters. The lowest BCUT2D eigenvalue weighted by molar-refractivity contribution is -0.107. The van der Waals surface area contributed by atoms with E-state index in [9.17, 15) is 4.79 Å². The number of nitrogens with one attached hydrogen (secondary N) is 1. The molecule has 4 heteroatoms. The third kappa shape index (κ3) is 3.03. The Hall–Kier alpha value is -1.97. The predicted octanol–water partition coefficient (Wildman–Crippen LogP) is 2.68. The molecule has 0 aliphatic heterocycles. The van der Waals surface area contributed by atoms with Crippen LogP contribution in [-0.2, 0) is 4.79 Å². The van der Waals surface area contributed by atoms with Gasteiger partial charge in [-0.15, -0.1) is 0 Å². The molecule has 0 unspecified atom stereocenters. The second-order valence-electron chi connectivity index (χ2n) is 4.24. The fraction of sp³-hybridized carbons (Fsp3) is 0.357. The van der Waals surface area contributed by atoms with Gasteiger partial charge in [0.2, 0.25) is 6.41 Å². The second kappa shape index (κ2) is 6.10. The molecule has 0 aliphatic carbocycles. The molecule has 4 nitrogen and oxygen atoms in total. The molecule has 0 saturated carbocycles. The third-order valence-electron chi connectivity index (χ3n) is 2.83. The Morgan fingerprint density at radius 3 is 2.56 bits per heavy atom. The van der Waals surface area contributed by atoms with Crippen LogP contribution in [0.15, 0.2) is 30.5 Å². The Kier molecular flexibility index (Phi) is 4.77. The van der Waals surface area contributed by atoms with Crippen molar-refractivity contribution in [2.24, 2.45) is 0 Å². The standard InChI is InChI=1S/C14H21N3O/c1-6-15-12-7-8-13(16(4)10-18)14(9-12)17(5)11(2)3/h7-10,15H,2,6H2,1,3-5H3. The quantitative estimate of drug-likeness (QED) is 0.785. The van der Waals surface area contributed by atoms with Crippen LogP contribution in [0.2, 0.25) is 0 Å². The summed E-state index contributed by atoms with van der Waals surface area (Å²) in [4.78, 5) is 14.5. The minimum Gasteiger partial charge on any atom is -0.385 e. The first-order valence-electron chi connectivity index (χ1n) is 5.96. The van der Waals surface area contributed by atoms with E-state index in [2.05, 4.69) is 11.9 Å². The summed E-state index contributed by atoms with van der Waals surface area (Å²) in [5.74, 6) is 0. The zero-order valence-electron chi connectivity index (χ0n) is 11.5. The summed E-state index contributed by atoms with van der Waals surface area (Å²) in [7, 11) is 3.68. The van der Waals surface area contributed by atoms with E-state index >= 15 is 0 Å². The molecule has 0 fully saturated rings. The Balaban J connectivity index is 3.25. The van der Waals surface area contributed by atoms with Gasteiger partial charge in [0.15, 0.2) is 0 Å². The fourth-order valence-corrected chi connectivity index (χ4v) is 1.67. The minimum absolute atomic E-state index is 0.804. The monoisotopic (exact) mass is 247 g/mol. The third-order valence-corrected chi connectivity index (χ3v) is 2.83. The second-order valence-corrected chi connectivity index (χ2v) is 4.24. The van der Waals surface area contributed by atoms with Gasteiger partial charge in [-0.1, -0.05) is 6.58 Å². The lowest BCUT2D eigenvalue weighted by Crippen LogP contribution is -2.21. The number of anilines is 3. The molecule has 1 N–H and O–H groups in total. The van der Waals surface area contributed by atoms with Gasteiger partial charge in [0.25, 0.3) is 0 Å². The van der Waals surface area contributed by atoms with Gasteiger partial charge in [0.05, 0.1) is 11.4 Å². The van der Waals surface area contributed by atoms with Gasteiger partial charge >= 0.3 is 0 Å². The van der Waals surface area contributed by atoms with Gasteiger partial charge in [0, 0.05) is 32.0 Å². The molecule has 0 aliphatic rings. The lowest BCUT2D eigenvalue weighted by Gasteiger charge is -2.26. The van der Waals surface area contributed by atoms with Crippen molar-refractivity contribution < 1.29 is 4.79 Å². The Morgan fingerprint density at radius 2 is 2.06 bits per heavy atom. The SMILES string of the molecule is C=C(C)N(C)c1cc(NCC)ccc1N(C)C=O. The average Bonchev–Trinajstić information content (AvgIpc) is 2.37. The van der Waals surface area contributed by atoms with Crippen molar-refractivity contribution in [3.05, 3.63) is 30.5 Å². The van der Waals surface area contributed by atoms with E-state index in [0.29, 0.717) is 0 Å². The van der Waals surface area contributed by atoms with Crippen LogP contribution in [0.1, 0.15) is 13.8 Å². The molecule has 1 amide bonds. The van der Waals surface area contributed by atoms with Crippen molar-refractivity contribution in [2.75, 3.05) is 35.8 Å². The highest BCUT2D eigenvalue weighted by Crippen LogP contribution is 2.32. The first-order chi connectivity index (χ1) is 8.51. The van der Waals surface area contributed by atoms with E-state index in [-0.39, 0.29) is 0 Å². The van der Waals surface area contributed by atoms with Crippen LogP contribution in [0.3, 0.4) is 0 Å². The van der Waals surface area contributed by atoms with E-state index in [0.717, 1.165) is 35.7 Å². The maximum Gasteiger partial charge on any atom is 0.213 e. The van der Waals surface area contributed by atoms with Crippen molar-refractivity contribution in [3.8, 4) is 0 Å². The molecule has 0 aromatic heterocycles. The lowest BCUT2D eigenvalue weighted by atomic mass is 10.2. The molecule has 0 spiro atoms. The van der Waals surface area contributed by atoms with Crippen LogP contribution < -0.4 is 15.1 Å². The van der Waals surface area contributed by atoms with Crippen molar-refractivity contribution in [1.82, 2.24) is 0 Å². The molecule has 1 aromatic rings. The topological polar surface area (TPSA) is 35.6 Å². The maximum atomic E-state index is 10.9. The van der Waals surface area contributed by atoms with Crippen LogP contribution >= 0.6 is 0 Å². The summed E-state index contributed by atoms with van der Waals surface area (Å²) in [5.41, 5.74) is 3.76. The van der Waals surface area contributed by atoms with Gasteiger partial charge < -0.3 is 15.1 Å². The fourth-order valence-electron chi connectivity index (χ4n) is 1.67. The predicted molar refractivity (Wildman–Crippen MR) is 78.3 cm³/mol. The van der Waals surface area contributed by atoms with Crippen molar-refractivity contribution in [3.63, 3.8) is 0 Å². The Morgan fingerprint density at radius 1 is 1.39 bits per heavy atom. The zero-order valence-corrected chi connectivity index (χ0v) is 11.5. The van der Waals surface area contributed by atoms with Gasteiger partial charge in [0.1, 0.15) is 0 Å². The van der Waals surface area contributed by atoms with E-state index < -0.39 is 0 Å². The van der Waals surface area contributed by atoms with Crippen LogP contribution in [0.25, 0.3) is 0 Å². The van der Waals surface area contributed by atoms with Crippen molar-refractivity contribution in [2.45, 2.75) is 13.8 Å². The molecule has 0 bridgehead atoms. The summed E-state index contributed by atoms with van der Waals surface area (Å²) in [5, 5.41) is 3.26. The number of carbonyl (C=O) groups excluding carboxylic acids is 1. The van der Waals surface area contributed by atoms with Gasteiger partial charge in [-0.3, -0.25) is 4.79 Å². The normalized spacial score (nSPS) is 9.78. The molecule has 18 heavy (non-hydrogen) atoms. The van der Waals surface area contributed by atoms with Crippen LogP contribution in [0.4, 0.5) is 17.1 Å². The first kappa shape index (κ1) is 14.1. The molecular weight excluding hydrogens is 226 g/mol. The Labute approximate surface area is 109 Å². The van der Waals surface area contributed by atoms with Gasteiger partial charge in [-0.2, -0.15) is 0 Å². The number of benzene rings is 1. The number of rotatable bonds is 6. The molecule has 0 saturated heterocycles. The van der Waals surface area contributed by atoms with Gasteiger partial charge in [-0.05, 0) is 32.0 Å².